The van der Waals surface area contributed by atoms with Gasteiger partial charge in [0.25, 0.3) is 0 Å². The molecule has 2 atom stereocenters. The summed E-state index contributed by atoms with van der Waals surface area (Å²) in [5.41, 5.74) is 5.49. The predicted octanol–water partition coefficient (Wildman–Crippen LogP) is 5.18. The third-order valence-electron chi connectivity index (χ3n) is 6.32. The lowest BCUT2D eigenvalue weighted by Crippen LogP contribution is -2.39. The molecule has 2 aliphatic rings. The summed E-state index contributed by atoms with van der Waals surface area (Å²) in [5, 5.41) is 1.42. The van der Waals surface area contributed by atoms with Crippen molar-refractivity contribution in [1.29, 1.82) is 0 Å². The van der Waals surface area contributed by atoms with Gasteiger partial charge in [0.15, 0.2) is 0 Å². The summed E-state index contributed by atoms with van der Waals surface area (Å²) in [6.07, 6.45) is 5.35. The molecule has 3 aromatic rings. The number of aromatic amines is 1. The van der Waals surface area contributed by atoms with Crippen LogP contribution in [-0.2, 0) is 0 Å². The van der Waals surface area contributed by atoms with Gasteiger partial charge in [0.1, 0.15) is 0 Å². The van der Waals surface area contributed by atoms with Crippen LogP contribution in [0.2, 0.25) is 0 Å². The first-order chi connectivity index (χ1) is 11.8. The Morgan fingerprint density at radius 3 is 2.29 bits per heavy atom. The van der Waals surface area contributed by atoms with Crippen LogP contribution in [0.15, 0.2) is 54.6 Å². The maximum absolute atomic E-state index is 3.73. The van der Waals surface area contributed by atoms with E-state index in [-0.39, 0.29) is 0 Å². The second-order valence-corrected chi connectivity index (χ2v) is 7.54. The number of nitrogens with zero attached hydrogens (tertiary/aromatic N) is 1. The Morgan fingerprint density at radius 1 is 0.875 bits per heavy atom. The maximum Gasteiger partial charge on any atom is 0.0500 e. The lowest BCUT2D eigenvalue weighted by molar-refractivity contribution is 0.162. The summed E-state index contributed by atoms with van der Waals surface area (Å²) in [6, 6.07) is 21.2. The summed E-state index contributed by atoms with van der Waals surface area (Å²) < 4.78 is 0. The van der Waals surface area contributed by atoms with Gasteiger partial charge < -0.3 is 9.88 Å². The number of para-hydroxylation sites is 1. The highest BCUT2D eigenvalue weighted by atomic mass is 15.2. The zero-order chi connectivity index (χ0) is 16.1. The third kappa shape index (κ3) is 2.13. The number of H-pyrrole nitrogens is 1. The first-order valence-electron chi connectivity index (χ1n) is 9.19. The van der Waals surface area contributed by atoms with Crippen LogP contribution < -0.4 is 0 Å². The van der Waals surface area contributed by atoms with Gasteiger partial charge in [-0.05, 0) is 55.8 Å². The van der Waals surface area contributed by atoms with Crippen molar-refractivity contribution in [2.75, 3.05) is 7.05 Å². The fraction of sp³-hybridized carbons (Fsp3) is 0.364. The number of nitrogens with one attached hydrogen (secondary N) is 1. The Labute approximate surface area is 143 Å². The van der Waals surface area contributed by atoms with E-state index in [1.165, 1.54) is 47.8 Å². The molecule has 24 heavy (non-hydrogen) atoms. The van der Waals surface area contributed by atoms with Gasteiger partial charge in [0.05, 0.1) is 0 Å². The van der Waals surface area contributed by atoms with Gasteiger partial charge in [0.2, 0.25) is 0 Å². The molecule has 0 amide bonds. The van der Waals surface area contributed by atoms with Crippen molar-refractivity contribution in [3.63, 3.8) is 0 Å². The van der Waals surface area contributed by atoms with Crippen LogP contribution in [-0.4, -0.2) is 29.0 Å². The van der Waals surface area contributed by atoms with E-state index < -0.39 is 0 Å². The molecule has 122 valence electrons. The van der Waals surface area contributed by atoms with E-state index in [1.807, 2.05) is 0 Å². The number of fused-ring (bicyclic) bond motifs is 3. The lowest BCUT2D eigenvalue weighted by atomic mass is 9.83. The topological polar surface area (TPSA) is 19.0 Å². The van der Waals surface area contributed by atoms with Crippen LogP contribution in [0.4, 0.5) is 0 Å². The summed E-state index contributed by atoms with van der Waals surface area (Å²) >= 11 is 0. The third-order valence-corrected chi connectivity index (χ3v) is 6.32. The largest absolute Gasteiger partial charge is 0.354 e. The van der Waals surface area contributed by atoms with Crippen LogP contribution in [0, 0.1) is 0 Å². The van der Waals surface area contributed by atoms with Gasteiger partial charge in [-0.25, -0.2) is 0 Å². The molecular formula is C22H24N2. The molecule has 0 radical (unpaired) electrons. The molecule has 2 heteroatoms. The Bertz CT molecular complexity index is 850. The first kappa shape index (κ1) is 14.3. The lowest BCUT2D eigenvalue weighted by Gasteiger charge is -2.36. The van der Waals surface area contributed by atoms with Gasteiger partial charge >= 0.3 is 0 Å². The highest BCUT2D eigenvalue weighted by Gasteiger charge is 2.40. The highest BCUT2D eigenvalue weighted by molar-refractivity contribution is 5.91. The summed E-state index contributed by atoms with van der Waals surface area (Å²) in [5.74, 6) is 0.671. The molecule has 1 aromatic heterocycles. The summed E-state index contributed by atoms with van der Waals surface area (Å²) in [6.45, 7) is 0. The molecule has 2 bridgehead atoms. The van der Waals surface area contributed by atoms with Gasteiger partial charge in [-0.1, -0.05) is 48.5 Å². The molecular weight excluding hydrogens is 292 g/mol. The van der Waals surface area contributed by atoms with E-state index in [2.05, 4.69) is 71.5 Å². The molecule has 2 saturated heterocycles. The fourth-order valence-corrected chi connectivity index (χ4v) is 5.07. The second-order valence-electron chi connectivity index (χ2n) is 7.54. The predicted molar refractivity (Wildman–Crippen MR) is 100 cm³/mol. The van der Waals surface area contributed by atoms with Crippen LogP contribution in [0.3, 0.4) is 0 Å². The normalized spacial score (nSPS) is 27.0. The van der Waals surface area contributed by atoms with Crippen LogP contribution in [0.5, 0.6) is 0 Å². The molecule has 0 aliphatic carbocycles. The number of hydrogen-bond acceptors (Lipinski definition) is 1. The van der Waals surface area contributed by atoms with Gasteiger partial charge in [0, 0.05) is 28.7 Å². The van der Waals surface area contributed by atoms with Crippen LogP contribution in [0.1, 0.15) is 37.2 Å². The molecule has 2 aliphatic heterocycles. The first-order valence-corrected chi connectivity index (χ1v) is 9.19. The molecule has 2 unspecified atom stereocenters. The van der Waals surface area contributed by atoms with Crippen molar-refractivity contribution in [3.8, 4) is 11.3 Å². The minimum absolute atomic E-state index is 0.671. The van der Waals surface area contributed by atoms with Gasteiger partial charge in [-0.3, -0.25) is 0 Å². The minimum atomic E-state index is 0.671. The van der Waals surface area contributed by atoms with Crippen molar-refractivity contribution in [2.45, 2.75) is 43.7 Å². The van der Waals surface area contributed by atoms with E-state index in [0.717, 1.165) is 12.1 Å². The van der Waals surface area contributed by atoms with Crippen molar-refractivity contribution in [2.24, 2.45) is 0 Å². The SMILES string of the molecule is CN1C2CCC1CC(c1c(-c3ccccc3)[nH]c3ccccc13)C2. The Morgan fingerprint density at radius 2 is 1.54 bits per heavy atom. The molecule has 1 N–H and O–H groups in total. The van der Waals surface area contributed by atoms with E-state index in [9.17, 15) is 0 Å². The van der Waals surface area contributed by atoms with Crippen molar-refractivity contribution in [1.82, 2.24) is 9.88 Å². The van der Waals surface area contributed by atoms with Gasteiger partial charge in [-0.15, -0.1) is 0 Å². The molecule has 2 nitrogen and oxygen atoms in total. The Hall–Kier alpha value is -2.06. The molecule has 2 aromatic carbocycles. The van der Waals surface area contributed by atoms with Gasteiger partial charge in [-0.2, -0.15) is 0 Å². The highest BCUT2D eigenvalue weighted by Crippen LogP contribution is 2.46. The van der Waals surface area contributed by atoms with Crippen molar-refractivity contribution >= 4 is 10.9 Å². The van der Waals surface area contributed by atoms with E-state index in [4.69, 9.17) is 0 Å². The van der Waals surface area contributed by atoms with Crippen LogP contribution >= 0.6 is 0 Å². The average molecular weight is 316 g/mol. The molecule has 0 saturated carbocycles. The molecule has 0 spiro atoms. The monoisotopic (exact) mass is 316 g/mol. The molecule has 3 heterocycles. The zero-order valence-corrected chi connectivity index (χ0v) is 14.2. The standard InChI is InChI=1S/C22H24N2/c1-24-17-11-12-18(24)14-16(13-17)21-19-9-5-6-10-20(19)23-22(21)15-7-3-2-4-8-15/h2-10,16-18,23H,11-14H2,1H3. The molecule has 2 fully saturated rings. The number of rotatable bonds is 2. The minimum Gasteiger partial charge on any atom is -0.354 e. The Balaban J connectivity index is 1.67. The fourth-order valence-electron chi connectivity index (χ4n) is 5.07. The number of benzene rings is 2. The Kier molecular flexibility index (Phi) is 3.27. The summed E-state index contributed by atoms with van der Waals surface area (Å²) in [7, 11) is 2.33. The number of aromatic nitrogens is 1. The number of piperidine rings is 1. The second kappa shape index (κ2) is 5.49. The quantitative estimate of drug-likeness (QED) is 0.690. The number of hydrogen-bond donors (Lipinski definition) is 1. The summed E-state index contributed by atoms with van der Waals surface area (Å²) in [4.78, 5) is 6.36. The smallest absolute Gasteiger partial charge is 0.0500 e. The zero-order valence-electron chi connectivity index (χ0n) is 14.2. The van der Waals surface area contributed by atoms with Crippen molar-refractivity contribution < 1.29 is 0 Å². The molecule has 5 rings (SSSR count). The van der Waals surface area contributed by atoms with E-state index >= 15 is 0 Å². The van der Waals surface area contributed by atoms with Crippen molar-refractivity contribution in [3.05, 3.63) is 60.2 Å². The van der Waals surface area contributed by atoms with E-state index in [0.29, 0.717) is 5.92 Å². The van der Waals surface area contributed by atoms with E-state index in [1.54, 1.807) is 5.56 Å². The maximum atomic E-state index is 3.73. The van der Waals surface area contributed by atoms with Crippen LogP contribution in [0.25, 0.3) is 22.2 Å². The average Bonchev–Trinajstić information content (AvgIpc) is 3.08.